The molecule has 1 aliphatic rings. The summed E-state index contributed by atoms with van der Waals surface area (Å²) in [4.78, 5) is 25.6. The molecular formula is C22H24N4O3. The van der Waals surface area contributed by atoms with E-state index >= 15 is 0 Å². The number of nitrogens with zero attached hydrogens (tertiary/aromatic N) is 4. The SMILES string of the molecule is COc1cccc(N2CCC(N(Cc3ccco3)C(=O)c3cnccn3)CC2)c1. The first-order chi connectivity index (χ1) is 14.2. The van der Waals surface area contributed by atoms with Gasteiger partial charge in [0.15, 0.2) is 0 Å². The van der Waals surface area contributed by atoms with Crippen molar-refractivity contribution in [3.8, 4) is 5.75 Å². The van der Waals surface area contributed by atoms with E-state index in [1.807, 2.05) is 35.2 Å². The van der Waals surface area contributed by atoms with E-state index in [9.17, 15) is 4.79 Å². The number of carbonyl (C=O) groups is 1. The van der Waals surface area contributed by atoms with Crippen molar-refractivity contribution in [1.29, 1.82) is 0 Å². The van der Waals surface area contributed by atoms with Crippen LogP contribution in [0.25, 0.3) is 0 Å². The number of amides is 1. The zero-order valence-electron chi connectivity index (χ0n) is 16.4. The van der Waals surface area contributed by atoms with Crippen molar-refractivity contribution in [3.05, 3.63) is 72.7 Å². The lowest BCUT2D eigenvalue weighted by Gasteiger charge is -2.39. The normalized spacial score (nSPS) is 14.6. The minimum Gasteiger partial charge on any atom is -0.497 e. The van der Waals surface area contributed by atoms with E-state index in [1.165, 1.54) is 6.20 Å². The van der Waals surface area contributed by atoms with E-state index < -0.39 is 0 Å². The van der Waals surface area contributed by atoms with Gasteiger partial charge in [0.2, 0.25) is 0 Å². The summed E-state index contributed by atoms with van der Waals surface area (Å²) >= 11 is 0. The van der Waals surface area contributed by atoms with Crippen molar-refractivity contribution in [2.75, 3.05) is 25.1 Å². The highest BCUT2D eigenvalue weighted by atomic mass is 16.5. The van der Waals surface area contributed by atoms with Crippen LogP contribution in [0.3, 0.4) is 0 Å². The monoisotopic (exact) mass is 392 g/mol. The first-order valence-corrected chi connectivity index (χ1v) is 9.73. The molecule has 1 aliphatic heterocycles. The fourth-order valence-electron chi connectivity index (χ4n) is 3.74. The third-order valence-electron chi connectivity index (χ3n) is 5.27. The smallest absolute Gasteiger partial charge is 0.274 e. The molecule has 1 saturated heterocycles. The molecule has 3 aromatic rings. The highest BCUT2D eigenvalue weighted by Crippen LogP contribution is 2.27. The molecule has 4 rings (SSSR count). The number of ether oxygens (including phenoxy) is 1. The highest BCUT2D eigenvalue weighted by Gasteiger charge is 2.30. The number of hydrogen-bond donors (Lipinski definition) is 0. The molecule has 3 heterocycles. The number of furan rings is 1. The van der Waals surface area contributed by atoms with Crippen LogP contribution in [0.15, 0.2) is 65.7 Å². The molecule has 2 aromatic heterocycles. The molecule has 1 aromatic carbocycles. The molecule has 150 valence electrons. The van der Waals surface area contributed by atoms with Crippen LogP contribution in [0.4, 0.5) is 5.69 Å². The summed E-state index contributed by atoms with van der Waals surface area (Å²) in [5.41, 5.74) is 1.50. The summed E-state index contributed by atoms with van der Waals surface area (Å²) in [6, 6.07) is 11.9. The molecule has 29 heavy (non-hydrogen) atoms. The zero-order valence-corrected chi connectivity index (χ0v) is 16.4. The summed E-state index contributed by atoms with van der Waals surface area (Å²) in [6.45, 7) is 2.15. The molecular weight excluding hydrogens is 368 g/mol. The van der Waals surface area contributed by atoms with Gasteiger partial charge in [-0.3, -0.25) is 9.78 Å². The maximum Gasteiger partial charge on any atom is 0.274 e. The lowest BCUT2D eigenvalue weighted by atomic mass is 10.0. The third-order valence-corrected chi connectivity index (χ3v) is 5.27. The zero-order chi connectivity index (χ0) is 20.1. The standard InChI is InChI=1S/C22H24N4O3/c1-28-19-5-2-4-18(14-19)25-11-7-17(8-12-25)26(16-20-6-3-13-29-20)22(27)21-15-23-9-10-24-21/h2-6,9-10,13-15,17H,7-8,11-12,16H2,1H3. The van der Waals surface area contributed by atoms with Crippen LogP contribution in [0.2, 0.25) is 0 Å². The Kier molecular flexibility index (Phi) is 5.74. The van der Waals surface area contributed by atoms with E-state index in [4.69, 9.17) is 9.15 Å². The maximum absolute atomic E-state index is 13.2. The van der Waals surface area contributed by atoms with Gasteiger partial charge in [-0.15, -0.1) is 0 Å². The minimum atomic E-state index is -0.116. The fraction of sp³-hybridized carbons (Fsp3) is 0.318. The van der Waals surface area contributed by atoms with Gasteiger partial charge in [-0.25, -0.2) is 4.98 Å². The molecule has 0 saturated carbocycles. The molecule has 0 aliphatic carbocycles. The molecule has 0 radical (unpaired) electrons. The van der Waals surface area contributed by atoms with Gasteiger partial charge in [0.25, 0.3) is 5.91 Å². The number of piperidine rings is 1. The Balaban J connectivity index is 1.49. The van der Waals surface area contributed by atoms with Crippen LogP contribution in [0.5, 0.6) is 5.75 Å². The van der Waals surface area contributed by atoms with Crippen molar-refractivity contribution in [2.45, 2.75) is 25.4 Å². The molecule has 0 N–H and O–H groups in total. The van der Waals surface area contributed by atoms with Gasteiger partial charge < -0.3 is 19.0 Å². The van der Waals surface area contributed by atoms with E-state index in [-0.39, 0.29) is 11.9 Å². The van der Waals surface area contributed by atoms with Crippen molar-refractivity contribution in [1.82, 2.24) is 14.9 Å². The van der Waals surface area contributed by atoms with Crippen molar-refractivity contribution < 1.29 is 13.9 Å². The lowest BCUT2D eigenvalue weighted by Crippen LogP contribution is -2.47. The predicted molar refractivity (Wildman–Crippen MR) is 109 cm³/mol. The minimum absolute atomic E-state index is 0.108. The van der Waals surface area contributed by atoms with Crippen molar-refractivity contribution in [2.24, 2.45) is 0 Å². The number of rotatable bonds is 6. The second kappa shape index (κ2) is 8.77. The second-order valence-corrected chi connectivity index (χ2v) is 7.02. The molecule has 0 unspecified atom stereocenters. The van der Waals surface area contributed by atoms with E-state index in [2.05, 4.69) is 20.9 Å². The van der Waals surface area contributed by atoms with E-state index in [0.717, 1.165) is 43.1 Å². The average molecular weight is 392 g/mol. The fourth-order valence-corrected chi connectivity index (χ4v) is 3.74. The van der Waals surface area contributed by atoms with Gasteiger partial charge in [0.05, 0.1) is 26.1 Å². The molecule has 7 nitrogen and oxygen atoms in total. The number of benzene rings is 1. The van der Waals surface area contributed by atoms with Crippen LogP contribution in [-0.2, 0) is 6.54 Å². The lowest BCUT2D eigenvalue weighted by molar-refractivity contribution is 0.0607. The highest BCUT2D eigenvalue weighted by molar-refractivity contribution is 5.92. The van der Waals surface area contributed by atoms with Crippen LogP contribution in [-0.4, -0.2) is 47.0 Å². The Hall–Kier alpha value is -3.35. The third kappa shape index (κ3) is 4.39. The number of hydrogen-bond acceptors (Lipinski definition) is 6. The first-order valence-electron chi connectivity index (χ1n) is 9.73. The topological polar surface area (TPSA) is 71.7 Å². The van der Waals surface area contributed by atoms with Crippen molar-refractivity contribution >= 4 is 11.6 Å². The number of methoxy groups -OCH3 is 1. The predicted octanol–water partition coefficient (Wildman–Crippen LogP) is 3.39. The summed E-state index contributed by atoms with van der Waals surface area (Å²) in [6.07, 6.45) is 7.99. The Morgan fingerprint density at radius 1 is 1.24 bits per heavy atom. The number of aromatic nitrogens is 2. The average Bonchev–Trinajstić information content (AvgIpc) is 3.31. The van der Waals surface area contributed by atoms with E-state index in [0.29, 0.717) is 12.2 Å². The Morgan fingerprint density at radius 2 is 2.10 bits per heavy atom. The quantitative estimate of drug-likeness (QED) is 0.640. The molecule has 1 amide bonds. The van der Waals surface area contributed by atoms with Gasteiger partial charge in [0.1, 0.15) is 17.2 Å². The van der Waals surface area contributed by atoms with Crippen LogP contribution in [0.1, 0.15) is 29.1 Å². The summed E-state index contributed by atoms with van der Waals surface area (Å²) in [7, 11) is 1.68. The molecule has 0 bridgehead atoms. The van der Waals surface area contributed by atoms with Crippen LogP contribution < -0.4 is 9.64 Å². The Morgan fingerprint density at radius 3 is 2.79 bits per heavy atom. The van der Waals surface area contributed by atoms with Crippen molar-refractivity contribution in [3.63, 3.8) is 0 Å². The molecule has 0 spiro atoms. The summed E-state index contributed by atoms with van der Waals surface area (Å²) in [5, 5.41) is 0. The van der Waals surface area contributed by atoms with Crippen LogP contribution in [0, 0.1) is 0 Å². The van der Waals surface area contributed by atoms with Gasteiger partial charge in [-0.2, -0.15) is 0 Å². The summed E-state index contributed by atoms with van der Waals surface area (Å²) in [5.74, 6) is 1.49. The van der Waals surface area contributed by atoms with Gasteiger partial charge in [-0.05, 0) is 37.1 Å². The number of anilines is 1. The molecule has 0 atom stereocenters. The first kappa shape index (κ1) is 19.0. The Bertz CT molecular complexity index is 922. The summed E-state index contributed by atoms with van der Waals surface area (Å²) < 4.78 is 10.8. The van der Waals surface area contributed by atoms with E-state index in [1.54, 1.807) is 25.8 Å². The van der Waals surface area contributed by atoms with Crippen LogP contribution >= 0.6 is 0 Å². The Labute approximate surface area is 169 Å². The largest absolute Gasteiger partial charge is 0.497 e. The van der Waals surface area contributed by atoms with Gasteiger partial charge >= 0.3 is 0 Å². The molecule has 1 fully saturated rings. The van der Waals surface area contributed by atoms with Gasteiger partial charge in [0, 0.05) is 43.3 Å². The molecule has 7 heteroatoms. The maximum atomic E-state index is 13.2. The van der Waals surface area contributed by atoms with Gasteiger partial charge in [-0.1, -0.05) is 6.07 Å². The number of carbonyl (C=O) groups excluding carboxylic acids is 1. The second-order valence-electron chi connectivity index (χ2n) is 7.02.